The third-order valence-corrected chi connectivity index (χ3v) is 3.11. The van der Waals surface area contributed by atoms with Gasteiger partial charge in [0, 0.05) is 5.33 Å². The van der Waals surface area contributed by atoms with Crippen LogP contribution >= 0.6 is 15.9 Å². The zero-order valence-corrected chi connectivity index (χ0v) is 10.9. The van der Waals surface area contributed by atoms with Crippen LogP contribution in [0.2, 0.25) is 0 Å². The van der Waals surface area contributed by atoms with Crippen molar-refractivity contribution in [3.05, 3.63) is 35.4 Å². The number of hydrogen-bond acceptors (Lipinski definition) is 1. The molecule has 0 saturated carbocycles. The Balaban J connectivity index is 2.29. The molecule has 0 radical (unpaired) electrons. The lowest BCUT2D eigenvalue weighted by Gasteiger charge is -2.02. The van der Waals surface area contributed by atoms with Crippen LogP contribution in [0.25, 0.3) is 0 Å². The minimum absolute atomic E-state index is 0.364. The second-order valence-corrected chi connectivity index (χ2v) is 4.65. The maximum atomic E-state index is 10.6. The molecule has 0 aliphatic heterocycles. The Kier molecular flexibility index (Phi) is 6.16. The van der Waals surface area contributed by atoms with Gasteiger partial charge in [0.1, 0.15) is 0 Å². The number of carboxylic acid groups (broad SMARTS) is 1. The molecule has 0 aliphatic carbocycles. The van der Waals surface area contributed by atoms with Crippen molar-refractivity contribution >= 4 is 21.9 Å². The van der Waals surface area contributed by atoms with Gasteiger partial charge < -0.3 is 5.11 Å². The van der Waals surface area contributed by atoms with Crippen LogP contribution in [0.15, 0.2) is 24.3 Å². The second-order valence-electron chi connectivity index (χ2n) is 3.86. The number of rotatable bonds is 7. The number of aromatic carboxylic acids is 1. The molecule has 1 aromatic carbocycles. The number of benzene rings is 1. The van der Waals surface area contributed by atoms with Gasteiger partial charge in [0.25, 0.3) is 0 Å². The highest BCUT2D eigenvalue weighted by atomic mass is 79.9. The van der Waals surface area contributed by atoms with Crippen molar-refractivity contribution in [1.82, 2.24) is 0 Å². The average molecular weight is 285 g/mol. The molecule has 88 valence electrons. The number of halogens is 1. The summed E-state index contributed by atoms with van der Waals surface area (Å²) < 4.78 is 0. The van der Waals surface area contributed by atoms with Gasteiger partial charge in [-0.3, -0.25) is 0 Å². The summed E-state index contributed by atoms with van der Waals surface area (Å²) in [6.07, 6.45) is 5.96. The summed E-state index contributed by atoms with van der Waals surface area (Å²) in [7, 11) is 0. The zero-order chi connectivity index (χ0) is 11.8. The van der Waals surface area contributed by atoms with E-state index in [1.807, 2.05) is 12.1 Å². The normalized spacial score (nSPS) is 10.3. The molecular formula is C13H17BrO2. The molecule has 0 heterocycles. The lowest BCUT2D eigenvalue weighted by Crippen LogP contribution is -1.96. The SMILES string of the molecule is O=C(O)c1ccc(CCCCCCBr)cc1. The minimum atomic E-state index is -0.858. The van der Waals surface area contributed by atoms with E-state index in [1.54, 1.807) is 12.1 Å². The maximum absolute atomic E-state index is 10.6. The summed E-state index contributed by atoms with van der Waals surface area (Å²) in [6, 6.07) is 7.17. The van der Waals surface area contributed by atoms with Crippen molar-refractivity contribution in [2.45, 2.75) is 32.1 Å². The van der Waals surface area contributed by atoms with Gasteiger partial charge >= 0.3 is 5.97 Å². The molecule has 1 rings (SSSR count). The largest absolute Gasteiger partial charge is 0.478 e. The Morgan fingerprint density at radius 2 is 1.69 bits per heavy atom. The highest BCUT2D eigenvalue weighted by Crippen LogP contribution is 2.10. The Morgan fingerprint density at radius 3 is 2.25 bits per heavy atom. The van der Waals surface area contributed by atoms with E-state index in [2.05, 4.69) is 15.9 Å². The fourth-order valence-electron chi connectivity index (χ4n) is 1.59. The molecule has 1 aromatic rings. The number of carbonyl (C=O) groups is 1. The number of unbranched alkanes of at least 4 members (excludes halogenated alkanes) is 3. The van der Waals surface area contributed by atoms with Crippen LogP contribution in [0.3, 0.4) is 0 Å². The van der Waals surface area contributed by atoms with Crippen LogP contribution in [-0.2, 0) is 6.42 Å². The second kappa shape index (κ2) is 7.44. The molecule has 0 aromatic heterocycles. The molecule has 0 bridgehead atoms. The van der Waals surface area contributed by atoms with Crippen molar-refractivity contribution in [2.24, 2.45) is 0 Å². The van der Waals surface area contributed by atoms with Gasteiger partial charge in [-0.1, -0.05) is 40.9 Å². The van der Waals surface area contributed by atoms with Gasteiger partial charge in [-0.2, -0.15) is 0 Å². The monoisotopic (exact) mass is 284 g/mol. The molecule has 0 aliphatic rings. The van der Waals surface area contributed by atoms with Crippen molar-refractivity contribution in [3.8, 4) is 0 Å². The van der Waals surface area contributed by atoms with E-state index in [0.717, 1.165) is 11.8 Å². The van der Waals surface area contributed by atoms with Crippen LogP contribution in [0, 0.1) is 0 Å². The van der Waals surface area contributed by atoms with Gasteiger partial charge in [-0.15, -0.1) is 0 Å². The molecule has 16 heavy (non-hydrogen) atoms. The van der Waals surface area contributed by atoms with E-state index in [1.165, 1.54) is 31.2 Å². The molecule has 3 heteroatoms. The quantitative estimate of drug-likeness (QED) is 0.609. The first-order valence-corrected chi connectivity index (χ1v) is 6.74. The Morgan fingerprint density at radius 1 is 1.06 bits per heavy atom. The van der Waals surface area contributed by atoms with E-state index in [0.29, 0.717) is 5.56 Å². The lowest BCUT2D eigenvalue weighted by molar-refractivity contribution is 0.0697. The summed E-state index contributed by atoms with van der Waals surface area (Å²) in [5, 5.41) is 9.83. The summed E-state index contributed by atoms with van der Waals surface area (Å²) in [5.41, 5.74) is 1.59. The Labute approximate surface area is 105 Å². The fourth-order valence-corrected chi connectivity index (χ4v) is 1.99. The first-order valence-electron chi connectivity index (χ1n) is 5.62. The van der Waals surface area contributed by atoms with Gasteiger partial charge in [0.05, 0.1) is 5.56 Å². The standard InChI is InChI=1S/C13H17BrO2/c14-10-4-2-1-3-5-11-6-8-12(9-7-11)13(15)16/h6-9H,1-5,10H2,(H,15,16). The smallest absolute Gasteiger partial charge is 0.335 e. The molecule has 0 amide bonds. The third-order valence-electron chi connectivity index (χ3n) is 2.55. The van der Waals surface area contributed by atoms with Crippen LogP contribution in [0.4, 0.5) is 0 Å². The van der Waals surface area contributed by atoms with Crippen molar-refractivity contribution < 1.29 is 9.90 Å². The molecule has 0 saturated heterocycles. The summed E-state index contributed by atoms with van der Waals surface area (Å²) in [4.78, 5) is 10.6. The van der Waals surface area contributed by atoms with Crippen molar-refractivity contribution in [1.29, 1.82) is 0 Å². The summed E-state index contributed by atoms with van der Waals surface area (Å²) in [5.74, 6) is -0.858. The molecule has 0 fully saturated rings. The highest BCUT2D eigenvalue weighted by molar-refractivity contribution is 9.09. The fraction of sp³-hybridized carbons (Fsp3) is 0.462. The first kappa shape index (κ1) is 13.2. The van der Waals surface area contributed by atoms with E-state index in [4.69, 9.17) is 5.11 Å². The van der Waals surface area contributed by atoms with E-state index >= 15 is 0 Å². The van der Waals surface area contributed by atoms with E-state index in [9.17, 15) is 4.79 Å². The zero-order valence-electron chi connectivity index (χ0n) is 9.29. The van der Waals surface area contributed by atoms with Crippen LogP contribution < -0.4 is 0 Å². The predicted molar refractivity (Wildman–Crippen MR) is 69.4 cm³/mol. The number of carboxylic acids is 1. The molecule has 1 N–H and O–H groups in total. The molecule has 0 spiro atoms. The number of alkyl halides is 1. The van der Waals surface area contributed by atoms with Gasteiger partial charge in [0.15, 0.2) is 0 Å². The number of hydrogen-bond donors (Lipinski definition) is 1. The third kappa shape index (κ3) is 4.79. The highest BCUT2D eigenvalue weighted by Gasteiger charge is 2.01. The lowest BCUT2D eigenvalue weighted by atomic mass is 10.0. The maximum Gasteiger partial charge on any atom is 0.335 e. The Bertz CT molecular complexity index is 319. The van der Waals surface area contributed by atoms with Crippen LogP contribution in [0.5, 0.6) is 0 Å². The van der Waals surface area contributed by atoms with E-state index < -0.39 is 5.97 Å². The Hall–Kier alpha value is -0.830. The van der Waals surface area contributed by atoms with Crippen LogP contribution in [0.1, 0.15) is 41.6 Å². The van der Waals surface area contributed by atoms with Gasteiger partial charge in [-0.05, 0) is 37.0 Å². The average Bonchev–Trinajstić information content (AvgIpc) is 2.29. The van der Waals surface area contributed by atoms with Crippen molar-refractivity contribution in [3.63, 3.8) is 0 Å². The summed E-state index contributed by atoms with van der Waals surface area (Å²) in [6.45, 7) is 0. The topological polar surface area (TPSA) is 37.3 Å². The predicted octanol–water partition coefficient (Wildman–Crippen LogP) is 3.88. The number of aryl methyl sites for hydroxylation is 1. The molecular weight excluding hydrogens is 268 g/mol. The molecule has 2 nitrogen and oxygen atoms in total. The molecule has 0 atom stereocenters. The molecule has 0 unspecified atom stereocenters. The van der Waals surface area contributed by atoms with Crippen LogP contribution in [-0.4, -0.2) is 16.4 Å². The van der Waals surface area contributed by atoms with Crippen molar-refractivity contribution in [2.75, 3.05) is 5.33 Å². The van der Waals surface area contributed by atoms with Gasteiger partial charge in [0.2, 0.25) is 0 Å². The summed E-state index contributed by atoms with van der Waals surface area (Å²) >= 11 is 3.41. The van der Waals surface area contributed by atoms with Gasteiger partial charge in [-0.25, -0.2) is 4.79 Å². The van der Waals surface area contributed by atoms with E-state index in [-0.39, 0.29) is 0 Å². The first-order chi connectivity index (χ1) is 7.74. The minimum Gasteiger partial charge on any atom is -0.478 e.